The first-order valence-corrected chi connectivity index (χ1v) is 7.40. The van der Waals surface area contributed by atoms with Gasteiger partial charge in [0.2, 0.25) is 11.8 Å². The minimum atomic E-state index is -0.287. The Morgan fingerprint density at radius 2 is 2.14 bits per heavy atom. The molecule has 0 radical (unpaired) electrons. The second-order valence-corrected chi connectivity index (χ2v) is 5.48. The lowest BCUT2D eigenvalue weighted by Gasteiger charge is -2.04. The average molecular weight is 307 g/mol. The van der Waals surface area contributed by atoms with Crippen molar-refractivity contribution in [1.82, 2.24) is 20.5 Å². The van der Waals surface area contributed by atoms with E-state index < -0.39 is 0 Å². The molecule has 3 N–H and O–H groups in total. The number of amides is 2. The van der Waals surface area contributed by atoms with Crippen molar-refractivity contribution >= 4 is 28.3 Å². The van der Waals surface area contributed by atoms with Crippen molar-refractivity contribution in [3.8, 4) is 0 Å². The largest absolute Gasteiger partial charge is 0.347 e. The quantitative estimate of drug-likeness (QED) is 0.746. The average Bonchev–Trinajstić information content (AvgIpc) is 3.07. The Labute approximate surface area is 126 Å². The molecule has 0 saturated carbocycles. The second-order valence-electron chi connectivity index (χ2n) is 4.58. The molecule has 0 aliphatic heterocycles. The van der Waals surface area contributed by atoms with Gasteiger partial charge in [0.15, 0.2) is 5.13 Å². The molecule has 2 rings (SSSR count). The van der Waals surface area contributed by atoms with Crippen LogP contribution in [-0.2, 0) is 16.0 Å². The van der Waals surface area contributed by atoms with Crippen LogP contribution in [0.15, 0.2) is 11.6 Å². The predicted octanol–water partition coefficient (Wildman–Crippen LogP) is 1.17. The molecule has 0 aliphatic rings. The fourth-order valence-electron chi connectivity index (χ4n) is 1.73. The highest BCUT2D eigenvalue weighted by Gasteiger charge is 2.10. The summed E-state index contributed by atoms with van der Waals surface area (Å²) < 4.78 is 0. The molecule has 0 spiro atoms. The molecule has 112 valence electrons. The van der Waals surface area contributed by atoms with Gasteiger partial charge in [-0.15, -0.1) is 11.3 Å². The first-order chi connectivity index (χ1) is 10.1. The lowest BCUT2D eigenvalue weighted by Crippen LogP contribution is -2.33. The summed E-state index contributed by atoms with van der Waals surface area (Å²) >= 11 is 1.33. The van der Waals surface area contributed by atoms with Crippen molar-refractivity contribution in [3.63, 3.8) is 0 Å². The van der Waals surface area contributed by atoms with Crippen molar-refractivity contribution in [2.75, 3.05) is 11.9 Å². The van der Waals surface area contributed by atoms with Crippen molar-refractivity contribution in [2.24, 2.45) is 0 Å². The van der Waals surface area contributed by atoms with Crippen LogP contribution in [0.1, 0.15) is 23.4 Å². The van der Waals surface area contributed by atoms with Crippen LogP contribution >= 0.6 is 11.3 Å². The number of nitrogens with zero attached hydrogens (tertiary/aromatic N) is 2. The number of carbonyl (C=O) groups is 2. The van der Waals surface area contributed by atoms with Crippen LogP contribution in [0.5, 0.6) is 0 Å². The van der Waals surface area contributed by atoms with Gasteiger partial charge in [-0.25, -0.2) is 4.98 Å². The van der Waals surface area contributed by atoms with Crippen LogP contribution in [0.25, 0.3) is 0 Å². The standard InChI is InChI=1S/C13H17N5O2S/c1-8-9(2)17-18-10(8)3-4-11(19)15-7-12(20)16-13-14-5-6-21-13/h5-6H,3-4,7H2,1-2H3,(H,15,19)(H,17,18)(H,14,16,20). The molecule has 0 atom stereocenters. The smallest absolute Gasteiger partial charge is 0.245 e. The number of rotatable bonds is 6. The molecule has 0 saturated heterocycles. The van der Waals surface area contributed by atoms with E-state index in [1.807, 2.05) is 13.8 Å². The number of aryl methyl sites for hydroxylation is 2. The van der Waals surface area contributed by atoms with Gasteiger partial charge in [0, 0.05) is 30.1 Å². The molecule has 2 aromatic rings. The Hall–Kier alpha value is -2.22. The molecule has 21 heavy (non-hydrogen) atoms. The summed E-state index contributed by atoms with van der Waals surface area (Å²) in [7, 11) is 0. The number of hydrogen-bond donors (Lipinski definition) is 3. The predicted molar refractivity (Wildman–Crippen MR) is 80.1 cm³/mol. The second kappa shape index (κ2) is 6.98. The van der Waals surface area contributed by atoms with Crippen molar-refractivity contribution < 1.29 is 9.59 Å². The van der Waals surface area contributed by atoms with E-state index in [1.165, 1.54) is 11.3 Å². The van der Waals surface area contributed by atoms with Crippen LogP contribution in [0, 0.1) is 13.8 Å². The van der Waals surface area contributed by atoms with Crippen LogP contribution in [0.3, 0.4) is 0 Å². The first-order valence-electron chi connectivity index (χ1n) is 6.52. The zero-order valence-electron chi connectivity index (χ0n) is 11.9. The summed E-state index contributed by atoms with van der Waals surface area (Å²) in [5, 5.41) is 14.5. The topological polar surface area (TPSA) is 99.8 Å². The maximum absolute atomic E-state index is 11.7. The van der Waals surface area contributed by atoms with Crippen molar-refractivity contribution in [2.45, 2.75) is 26.7 Å². The number of thiazole rings is 1. The Balaban J connectivity index is 1.70. The molecule has 2 heterocycles. The molecular weight excluding hydrogens is 290 g/mol. The molecule has 8 heteroatoms. The minimum absolute atomic E-state index is 0.0585. The van der Waals surface area contributed by atoms with E-state index in [0.717, 1.165) is 17.0 Å². The fourth-order valence-corrected chi connectivity index (χ4v) is 2.27. The van der Waals surface area contributed by atoms with Gasteiger partial charge in [0.05, 0.1) is 12.2 Å². The zero-order valence-corrected chi connectivity index (χ0v) is 12.7. The van der Waals surface area contributed by atoms with Gasteiger partial charge >= 0.3 is 0 Å². The van der Waals surface area contributed by atoms with E-state index in [0.29, 0.717) is 18.0 Å². The molecule has 0 bridgehead atoms. The Kier molecular flexibility index (Phi) is 5.04. The highest BCUT2D eigenvalue weighted by Crippen LogP contribution is 2.10. The number of carbonyl (C=O) groups excluding carboxylic acids is 2. The Bertz CT molecular complexity index is 621. The SMILES string of the molecule is Cc1[nH]nc(CCC(=O)NCC(=O)Nc2nccs2)c1C. The van der Waals surface area contributed by atoms with Crippen molar-refractivity contribution in [3.05, 3.63) is 28.5 Å². The third kappa shape index (κ3) is 4.38. The van der Waals surface area contributed by atoms with Gasteiger partial charge in [-0.3, -0.25) is 14.7 Å². The zero-order chi connectivity index (χ0) is 15.2. The van der Waals surface area contributed by atoms with E-state index in [4.69, 9.17) is 0 Å². The molecule has 2 aromatic heterocycles. The van der Waals surface area contributed by atoms with Gasteiger partial charge < -0.3 is 10.6 Å². The Morgan fingerprint density at radius 1 is 1.33 bits per heavy atom. The van der Waals surface area contributed by atoms with E-state index in [2.05, 4.69) is 25.8 Å². The monoisotopic (exact) mass is 307 g/mol. The fraction of sp³-hybridized carbons (Fsp3) is 0.385. The summed E-state index contributed by atoms with van der Waals surface area (Å²) in [6, 6.07) is 0. The summed E-state index contributed by atoms with van der Waals surface area (Å²) in [6.45, 7) is 3.85. The van der Waals surface area contributed by atoms with E-state index >= 15 is 0 Å². The van der Waals surface area contributed by atoms with Gasteiger partial charge in [0.25, 0.3) is 0 Å². The van der Waals surface area contributed by atoms with Gasteiger partial charge in [-0.1, -0.05) is 0 Å². The van der Waals surface area contributed by atoms with Crippen LogP contribution in [-0.4, -0.2) is 33.5 Å². The van der Waals surface area contributed by atoms with Crippen LogP contribution in [0.2, 0.25) is 0 Å². The van der Waals surface area contributed by atoms with E-state index in [1.54, 1.807) is 11.6 Å². The summed E-state index contributed by atoms with van der Waals surface area (Å²) in [4.78, 5) is 27.2. The normalized spacial score (nSPS) is 10.4. The van der Waals surface area contributed by atoms with Gasteiger partial charge in [-0.05, 0) is 19.4 Å². The number of anilines is 1. The maximum Gasteiger partial charge on any atom is 0.245 e. The lowest BCUT2D eigenvalue weighted by molar-refractivity contribution is -0.124. The Morgan fingerprint density at radius 3 is 2.76 bits per heavy atom. The molecular formula is C13H17N5O2S. The maximum atomic E-state index is 11.7. The summed E-state index contributed by atoms with van der Waals surface area (Å²) in [5.74, 6) is -0.463. The number of hydrogen-bond acceptors (Lipinski definition) is 5. The highest BCUT2D eigenvalue weighted by atomic mass is 32.1. The van der Waals surface area contributed by atoms with Gasteiger partial charge in [0.1, 0.15) is 0 Å². The molecule has 0 aromatic carbocycles. The first kappa shape index (κ1) is 15.2. The molecule has 0 fully saturated rings. The lowest BCUT2D eigenvalue weighted by atomic mass is 10.1. The third-order valence-electron chi connectivity index (χ3n) is 3.07. The molecule has 0 aliphatic carbocycles. The molecule has 2 amide bonds. The highest BCUT2D eigenvalue weighted by molar-refractivity contribution is 7.13. The minimum Gasteiger partial charge on any atom is -0.347 e. The number of nitrogens with one attached hydrogen (secondary N) is 3. The summed E-state index contributed by atoms with van der Waals surface area (Å²) in [6.07, 6.45) is 2.46. The van der Waals surface area contributed by atoms with Crippen LogP contribution < -0.4 is 10.6 Å². The van der Waals surface area contributed by atoms with Crippen molar-refractivity contribution in [1.29, 1.82) is 0 Å². The number of aromatic amines is 1. The molecule has 0 unspecified atom stereocenters. The van der Waals surface area contributed by atoms with E-state index in [-0.39, 0.29) is 18.4 Å². The third-order valence-corrected chi connectivity index (χ3v) is 3.76. The number of aromatic nitrogens is 3. The molecule has 7 nitrogen and oxygen atoms in total. The van der Waals surface area contributed by atoms with Gasteiger partial charge in [-0.2, -0.15) is 5.10 Å². The summed E-state index contributed by atoms with van der Waals surface area (Å²) in [5.41, 5.74) is 2.97. The van der Waals surface area contributed by atoms with E-state index in [9.17, 15) is 9.59 Å². The van der Waals surface area contributed by atoms with Crippen LogP contribution in [0.4, 0.5) is 5.13 Å². The number of H-pyrrole nitrogens is 1.